The normalized spacial score (nSPS) is 14.9. The van der Waals surface area contributed by atoms with Crippen molar-refractivity contribution < 1.29 is 22.8 Å². The molecule has 1 fully saturated rings. The maximum absolute atomic E-state index is 13.7. The fraction of sp³-hybridized carbons (Fsp3) is 0.294. The number of carbonyl (C=O) groups is 2. The van der Waals surface area contributed by atoms with Crippen molar-refractivity contribution in [2.45, 2.75) is 31.2 Å². The fourth-order valence-corrected chi connectivity index (χ4v) is 3.12. The number of benzene rings is 1. The van der Waals surface area contributed by atoms with Gasteiger partial charge in [-0.05, 0) is 43.0 Å². The minimum atomic E-state index is -3.25. The van der Waals surface area contributed by atoms with E-state index in [4.69, 9.17) is 11.6 Å². The van der Waals surface area contributed by atoms with Gasteiger partial charge in [0, 0.05) is 17.4 Å². The highest BCUT2D eigenvalue weighted by Crippen LogP contribution is 2.46. The lowest BCUT2D eigenvalue weighted by Crippen LogP contribution is -2.44. The summed E-state index contributed by atoms with van der Waals surface area (Å²) in [6.07, 6.45) is 1.38. The molecule has 0 spiro atoms. The summed E-state index contributed by atoms with van der Waals surface area (Å²) in [6.45, 7) is 0. The molecule has 1 saturated carbocycles. The van der Waals surface area contributed by atoms with Crippen molar-refractivity contribution in [2.24, 2.45) is 0 Å². The summed E-state index contributed by atoms with van der Waals surface area (Å²) in [6, 6.07) is 4.12. The van der Waals surface area contributed by atoms with Crippen LogP contribution >= 0.6 is 11.6 Å². The average molecular weight is 414 g/mol. The van der Waals surface area contributed by atoms with Gasteiger partial charge in [-0.1, -0.05) is 11.6 Å². The van der Waals surface area contributed by atoms with E-state index < -0.39 is 29.6 Å². The maximum atomic E-state index is 13.7. The highest BCUT2D eigenvalue weighted by Gasteiger charge is 2.41. The van der Waals surface area contributed by atoms with Crippen LogP contribution in [0.3, 0.4) is 0 Å². The highest BCUT2D eigenvalue weighted by molar-refractivity contribution is 6.31. The lowest BCUT2D eigenvalue weighted by molar-refractivity contribution is -0.132. The molecular formula is C17H15ClF3N5O2. The largest absolute Gasteiger partial charge is 0.345 e. The Kier molecular flexibility index (Phi) is 5.68. The first-order valence-corrected chi connectivity index (χ1v) is 8.63. The van der Waals surface area contributed by atoms with E-state index in [1.807, 2.05) is 5.43 Å². The Hall–Kier alpha value is -2.88. The second kappa shape index (κ2) is 8.01. The molecule has 148 valence electrons. The predicted molar refractivity (Wildman–Crippen MR) is 94.2 cm³/mol. The van der Waals surface area contributed by atoms with Crippen LogP contribution in [0.4, 0.5) is 19.1 Å². The maximum Gasteiger partial charge on any atom is 0.317 e. The van der Waals surface area contributed by atoms with Gasteiger partial charge < -0.3 is 5.32 Å². The zero-order valence-electron chi connectivity index (χ0n) is 14.3. The Labute approximate surface area is 162 Å². The molecule has 0 unspecified atom stereocenters. The number of hydrogen-bond acceptors (Lipinski definition) is 5. The summed E-state index contributed by atoms with van der Waals surface area (Å²) in [4.78, 5) is 30.6. The number of hydrogen-bond donors (Lipinski definition) is 3. The Bertz CT molecular complexity index is 891. The SMILES string of the molecule is O=C(NNC(=O)C(F)F)c1cnc(NC2(c3cc(F)ccc3Cl)CCC2)nc1. The Morgan fingerprint density at radius 1 is 1.14 bits per heavy atom. The zero-order chi connectivity index (χ0) is 20.3. The van der Waals surface area contributed by atoms with Crippen LogP contribution in [-0.2, 0) is 10.3 Å². The number of rotatable bonds is 5. The molecule has 2 amide bonds. The second-order valence-corrected chi connectivity index (χ2v) is 6.63. The van der Waals surface area contributed by atoms with E-state index in [1.54, 1.807) is 5.43 Å². The van der Waals surface area contributed by atoms with Crippen molar-refractivity contribution in [3.05, 3.63) is 52.6 Å². The number of alkyl halides is 2. The van der Waals surface area contributed by atoms with Crippen LogP contribution in [0.5, 0.6) is 0 Å². The molecule has 28 heavy (non-hydrogen) atoms. The first-order valence-electron chi connectivity index (χ1n) is 8.25. The zero-order valence-corrected chi connectivity index (χ0v) is 15.1. The van der Waals surface area contributed by atoms with Gasteiger partial charge in [0.2, 0.25) is 5.95 Å². The smallest absolute Gasteiger partial charge is 0.317 e. The van der Waals surface area contributed by atoms with Crippen LogP contribution in [0.25, 0.3) is 0 Å². The van der Waals surface area contributed by atoms with E-state index in [0.29, 0.717) is 23.4 Å². The third kappa shape index (κ3) is 4.16. The molecule has 0 saturated heterocycles. The monoisotopic (exact) mass is 413 g/mol. The van der Waals surface area contributed by atoms with Crippen LogP contribution in [0.15, 0.2) is 30.6 Å². The lowest BCUT2D eigenvalue weighted by atomic mass is 9.72. The topological polar surface area (TPSA) is 96.0 Å². The van der Waals surface area contributed by atoms with Gasteiger partial charge in [0.25, 0.3) is 5.91 Å². The third-order valence-electron chi connectivity index (χ3n) is 4.41. The molecule has 2 aromatic rings. The van der Waals surface area contributed by atoms with Crippen LogP contribution in [0.1, 0.15) is 35.2 Å². The number of nitrogens with zero attached hydrogens (tertiary/aromatic N) is 2. The third-order valence-corrected chi connectivity index (χ3v) is 4.74. The predicted octanol–water partition coefficient (Wildman–Crippen LogP) is 2.79. The van der Waals surface area contributed by atoms with Crippen LogP contribution < -0.4 is 16.2 Å². The molecular weight excluding hydrogens is 399 g/mol. The summed E-state index contributed by atoms with van der Waals surface area (Å²) in [5, 5.41) is 3.55. The molecule has 11 heteroatoms. The van der Waals surface area contributed by atoms with E-state index >= 15 is 0 Å². The molecule has 3 rings (SSSR count). The number of nitrogens with one attached hydrogen (secondary N) is 3. The molecule has 1 aromatic heterocycles. The van der Waals surface area contributed by atoms with E-state index in [2.05, 4.69) is 15.3 Å². The average Bonchev–Trinajstić information content (AvgIpc) is 2.65. The van der Waals surface area contributed by atoms with Crippen molar-refractivity contribution in [1.82, 2.24) is 20.8 Å². The molecule has 7 nitrogen and oxygen atoms in total. The van der Waals surface area contributed by atoms with Crippen molar-refractivity contribution in [3.63, 3.8) is 0 Å². The number of anilines is 1. The minimum Gasteiger partial charge on any atom is -0.345 e. The molecule has 1 aromatic carbocycles. The van der Waals surface area contributed by atoms with Gasteiger partial charge in [0.05, 0.1) is 11.1 Å². The fourth-order valence-electron chi connectivity index (χ4n) is 2.83. The summed E-state index contributed by atoms with van der Waals surface area (Å²) in [7, 11) is 0. The van der Waals surface area contributed by atoms with Gasteiger partial charge in [-0.3, -0.25) is 20.4 Å². The van der Waals surface area contributed by atoms with Gasteiger partial charge >= 0.3 is 12.3 Å². The van der Waals surface area contributed by atoms with Gasteiger partial charge in [-0.2, -0.15) is 8.78 Å². The van der Waals surface area contributed by atoms with E-state index in [9.17, 15) is 22.8 Å². The van der Waals surface area contributed by atoms with Gasteiger partial charge in [-0.25, -0.2) is 14.4 Å². The molecule has 1 aliphatic carbocycles. The highest BCUT2D eigenvalue weighted by atomic mass is 35.5. The van der Waals surface area contributed by atoms with Crippen molar-refractivity contribution in [1.29, 1.82) is 0 Å². The summed E-state index contributed by atoms with van der Waals surface area (Å²) >= 11 is 6.22. The van der Waals surface area contributed by atoms with Crippen LogP contribution in [-0.4, -0.2) is 28.2 Å². The minimum absolute atomic E-state index is 0.0495. The molecule has 1 heterocycles. The van der Waals surface area contributed by atoms with Gasteiger partial charge in [0.15, 0.2) is 0 Å². The Morgan fingerprint density at radius 3 is 2.39 bits per heavy atom. The van der Waals surface area contributed by atoms with E-state index in [-0.39, 0.29) is 11.5 Å². The molecule has 0 bridgehead atoms. The quantitative estimate of drug-likeness (QED) is 0.655. The number of amides is 2. The Morgan fingerprint density at radius 2 is 1.82 bits per heavy atom. The van der Waals surface area contributed by atoms with Gasteiger partial charge in [-0.15, -0.1) is 0 Å². The van der Waals surface area contributed by atoms with Crippen molar-refractivity contribution in [3.8, 4) is 0 Å². The first-order chi connectivity index (χ1) is 13.3. The number of hydrazine groups is 1. The molecule has 3 N–H and O–H groups in total. The van der Waals surface area contributed by atoms with E-state index in [0.717, 1.165) is 6.42 Å². The Balaban J connectivity index is 1.70. The first kappa shape index (κ1) is 19.9. The summed E-state index contributed by atoms with van der Waals surface area (Å²) in [5.74, 6) is -2.71. The summed E-state index contributed by atoms with van der Waals surface area (Å²) < 4.78 is 37.8. The number of halogens is 4. The van der Waals surface area contributed by atoms with Crippen LogP contribution in [0, 0.1) is 5.82 Å². The second-order valence-electron chi connectivity index (χ2n) is 6.22. The molecule has 1 aliphatic rings. The molecule has 0 atom stereocenters. The van der Waals surface area contributed by atoms with Crippen LogP contribution in [0.2, 0.25) is 5.02 Å². The van der Waals surface area contributed by atoms with Gasteiger partial charge in [0.1, 0.15) is 5.82 Å². The van der Waals surface area contributed by atoms with Crippen molar-refractivity contribution >= 4 is 29.4 Å². The lowest BCUT2D eigenvalue weighted by Gasteiger charge is -2.43. The summed E-state index contributed by atoms with van der Waals surface area (Å²) in [5.41, 5.74) is 3.34. The standard InChI is InChI=1S/C17H15ClF3N5O2/c18-12-3-2-10(19)6-11(12)17(4-1-5-17)24-16-22-7-9(8-23-16)14(27)25-26-15(28)13(20)21/h2-3,6-8,13H,1,4-5H2,(H,25,27)(H,26,28)(H,22,23,24). The number of carbonyl (C=O) groups excluding carboxylic acids is 2. The molecule has 0 aliphatic heterocycles. The van der Waals surface area contributed by atoms with E-state index in [1.165, 1.54) is 30.6 Å². The van der Waals surface area contributed by atoms with Crippen molar-refractivity contribution in [2.75, 3.05) is 5.32 Å². The number of aromatic nitrogens is 2. The molecule has 0 radical (unpaired) electrons.